The molecular weight excluding hydrogens is 340 g/mol. The number of H-pyrrole nitrogens is 1. The predicted molar refractivity (Wildman–Crippen MR) is 107 cm³/mol. The highest BCUT2D eigenvalue weighted by atomic mass is 16.2. The van der Waals surface area contributed by atoms with Crippen molar-refractivity contribution in [3.8, 4) is 0 Å². The van der Waals surface area contributed by atoms with Crippen molar-refractivity contribution in [3.05, 3.63) is 41.7 Å². The molecule has 7 nitrogen and oxygen atoms in total. The van der Waals surface area contributed by atoms with E-state index in [-0.39, 0.29) is 6.03 Å². The molecule has 1 aromatic heterocycles. The summed E-state index contributed by atoms with van der Waals surface area (Å²) in [6.45, 7) is 6.49. The highest BCUT2D eigenvalue weighted by Gasteiger charge is 2.26. The van der Waals surface area contributed by atoms with Gasteiger partial charge in [-0.2, -0.15) is 5.10 Å². The number of aromatic amines is 1. The average molecular weight is 368 g/mol. The fourth-order valence-corrected chi connectivity index (χ4v) is 3.89. The summed E-state index contributed by atoms with van der Waals surface area (Å²) in [6, 6.07) is 11.1. The van der Waals surface area contributed by atoms with Crippen LogP contribution < -0.4 is 15.1 Å². The van der Waals surface area contributed by atoms with Gasteiger partial charge >= 0.3 is 6.03 Å². The number of hydrogen-bond donors (Lipinski definition) is 2. The summed E-state index contributed by atoms with van der Waals surface area (Å²) in [5.74, 6) is 0. The molecule has 0 bridgehead atoms. The van der Waals surface area contributed by atoms with Gasteiger partial charge in [0.2, 0.25) is 0 Å². The van der Waals surface area contributed by atoms with Crippen LogP contribution in [0.1, 0.15) is 24.2 Å². The van der Waals surface area contributed by atoms with Gasteiger partial charge in [0, 0.05) is 62.9 Å². The molecule has 0 spiro atoms. The number of aromatic nitrogens is 2. The van der Waals surface area contributed by atoms with Crippen molar-refractivity contribution in [1.82, 2.24) is 20.4 Å². The Morgan fingerprint density at radius 1 is 1.11 bits per heavy atom. The predicted octanol–water partition coefficient (Wildman–Crippen LogP) is 2.35. The minimum atomic E-state index is 0.0849. The minimum absolute atomic E-state index is 0.0849. The van der Waals surface area contributed by atoms with Crippen LogP contribution in [0.2, 0.25) is 0 Å². The second kappa shape index (κ2) is 7.60. The number of anilines is 2. The zero-order valence-corrected chi connectivity index (χ0v) is 16.1. The molecule has 2 fully saturated rings. The Labute approximate surface area is 160 Å². The quantitative estimate of drug-likeness (QED) is 0.850. The average Bonchev–Trinajstić information content (AvgIpc) is 3.26. The number of amides is 2. The molecule has 144 valence electrons. The van der Waals surface area contributed by atoms with Gasteiger partial charge in [-0.1, -0.05) is 0 Å². The molecule has 2 aliphatic rings. The van der Waals surface area contributed by atoms with E-state index in [1.54, 1.807) is 4.90 Å². The Balaban J connectivity index is 1.28. The van der Waals surface area contributed by atoms with Crippen molar-refractivity contribution in [1.29, 1.82) is 0 Å². The molecule has 2 N–H and O–H groups in total. The van der Waals surface area contributed by atoms with Crippen molar-refractivity contribution in [2.45, 2.75) is 32.4 Å². The van der Waals surface area contributed by atoms with Gasteiger partial charge in [0.15, 0.2) is 0 Å². The molecule has 4 rings (SSSR count). The van der Waals surface area contributed by atoms with Crippen LogP contribution in [-0.4, -0.2) is 60.4 Å². The number of piperidine rings is 1. The summed E-state index contributed by atoms with van der Waals surface area (Å²) in [6.07, 6.45) is 2.25. The Kier molecular flexibility index (Phi) is 5.03. The number of likely N-dealkylation sites (N-methyl/N-ethyl adjacent to an activating group) is 1. The number of carbonyl (C=O) groups excluding carboxylic acids is 1. The van der Waals surface area contributed by atoms with E-state index >= 15 is 0 Å². The molecule has 2 saturated heterocycles. The van der Waals surface area contributed by atoms with Crippen LogP contribution in [0.4, 0.5) is 16.2 Å². The van der Waals surface area contributed by atoms with Crippen molar-refractivity contribution >= 4 is 17.4 Å². The van der Waals surface area contributed by atoms with Crippen LogP contribution in [0.15, 0.2) is 30.3 Å². The molecule has 1 aromatic carbocycles. The molecule has 0 aliphatic carbocycles. The lowest BCUT2D eigenvalue weighted by Gasteiger charge is -2.34. The Morgan fingerprint density at radius 2 is 1.81 bits per heavy atom. The molecule has 7 heteroatoms. The van der Waals surface area contributed by atoms with Gasteiger partial charge in [-0.05, 0) is 50.1 Å². The van der Waals surface area contributed by atoms with Crippen LogP contribution >= 0.6 is 0 Å². The molecular formula is C20H28N6O. The number of hydrogen-bond acceptors (Lipinski definition) is 4. The lowest BCUT2D eigenvalue weighted by molar-refractivity contribution is 0.229. The fraction of sp³-hybridized carbons (Fsp3) is 0.500. The standard InChI is InChI=1S/C20H28N6O/c1-15-13-17(23-22-15)14-21-16-7-9-25(10-8-16)18-3-5-19(6-4-18)26-12-11-24(2)20(26)27/h3-6,13,16,21H,7-12,14H2,1-2H3,(H,22,23). The number of rotatable bonds is 5. The Morgan fingerprint density at radius 3 is 2.41 bits per heavy atom. The van der Waals surface area contributed by atoms with Crippen molar-refractivity contribution < 1.29 is 4.79 Å². The van der Waals surface area contributed by atoms with E-state index in [0.717, 1.165) is 62.6 Å². The third-order valence-electron chi connectivity index (χ3n) is 5.57. The summed E-state index contributed by atoms with van der Waals surface area (Å²) in [7, 11) is 1.85. The van der Waals surface area contributed by atoms with Crippen LogP contribution in [0.5, 0.6) is 0 Å². The second-order valence-corrected chi connectivity index (χ2v) is 7.56. The van der Waals surface area contributed by atoms with Crippen LogP contribution in [0, 0.1) is 6.92 Å². The van der Waals surface area contributed by atoms with Gasteiger partial charge in [-0.3, -0.25) is 10.00 Å². The van der Waals surface area contributed by atoms with E-state index in [1.165, 1.54) is 5.69 Å². The first-order valence-electron chi connectivity index (χ1n) is 9.72. The van der Waals surface area contributed by atoms with Gasteiger partial charge in [-0.15, -0.1) is 0 Å². The fourth-order valence-electron chi connectivity index (χ4n) is 3.89. The maximum Gasteiger partial charge on any atom is 0.324 e. The molecule has 2 aromatic rings. The van der Waals surface area contributed by atoms with Crippen LogP contribution in [0.3, 0.4) is 0 Å². The van der Waals surface area contributed by atoms with Gasteiger partial charge in [0.25, 0.3) is 0 Å². The van der Waals surface area contributed by atoms with Crippen molar-refractivity contribution in [2.24, 2.45) is 0 Å². The van der Waals surface area contributed by atoms with Crippen molar-refractivity contribution in [3.63, 3.8) is 0 Å². The second-order valence-electron chi connectivity index (χ2n) is 7.56. The highest BCUT2D eigenvalue weighted by Crippen LogP contribution is 2.25. The van der Waals surface area contributed by atoms with E-state index in [0.29, 0.717) is 6.04 Å². The minimum Gasteiger partial charge on any atom is -0.371 e. The van der Waals surface area contributed by atoms with Crippen LogP contribution in [0.25, 0.3) is 0 Å². The Hall–Kier alpha value is -2.54. The van der Waals surface area contributed by atoms with E-state index in [2.05, 4.69) is 50.7 Å². The van der Waals surface area contributed by atoms with Gasteiger partial charge in [0.1, 0.15) is 0 Å². The van der Waals surface area contributed by atoms with Gasteiger partial charge < -0.3 is 15.1 Å². The maximum atomic E-state index is 12.1. The lowest BCUT2D eigenvalue weighted by atomic mass is 10.0. The molecule has 0 radical (unpaired) electrons. The highest BCUT2D eigenvalue weighted by molar-refractivity contribution is 5.94. The summed E-state index contributed by atoms with van der Waals surface area (Å²) in [5, 5.41) is 10.9. The number of carbonyl (C=O) groups is 1. The summed E-state index contributed by atoms with van der Waals surface area (Å²) < 4.78 is 0. The number of aryl methyl sites for hydroxylation is 1. The maximum absolute atomic E-state index is 12.1. The molecule has 2 amide bonds. The van der Waals surface area contributed by atoms with Gasteiger partial charge in [0.05, 0.1) is 5.69 Å². The summed E-state index contributed by atoms with van der Waals surface area (Å²) >= 11 is 0. The van der Waals surface area contributed by atoms with E-state index in [9.17, 15) is 4.79 Å². The van der Waals surface area contributed by atoms with E-state index < -0.39 is 0 Å². The number of nitrogens with zero attached hydrogens (tertiary/aromatic N) is 4. The normalized spacial score (nSPS) is 18.6. The molecule has 0 unspecified atom stereocenters. The van der Waals surface area contributed by atoms with Gasteiger partial charge in [-0.25, -0.2) is 4.79 Å². The molecule has 27 heavy (non-hydrogen) atoms. The molecule has 0 saturated carbocycles. The first-order chi connectivity index (χ1) is 13.1. The lowest BCUT2D eigenvalue weighted by Crippen LogP contribution is -2.42. The van der Waals surface area contributed by atoms with Crippen LogP contribution in [-0.2, 0) is 6.54 Å². The van der Waals surface area contributed by atoms with Crippen molar-refractivity contribution in [2.75, 3.05) is 43.0 Å². The van der Waals surface area contributed by atoms with E-state index in [4.69, 9.17) is 0 Å². The summed E-state index contributed by atoms with van der Waals surface area (Å²) in [5.41, 5.74) is 4.40. The largest absolute Gasteiger partial charge is 0.371 e. The molecule has 0 atom stereocenters. The SMILES string of the molecule is Cc1cc(CNC2CCN(c3ccc(N4CCN(C)C4=O)cc3)CC2)n[nH]1. The molecule has 2 aliphatic heterocycles. The zero-order chi connectivity index (χ0) is 18.8. The third-order valence-corrected chi connectivity index (χ3v) is 5.57. The molecule has 3 heterocycles. The monoisotopic (exact) mass is 368 g/mol. The Bertz CT molecular complexity index is 778. The number of nitrogens with one attached hydrogen (secondary N) is 2. The zero-order valence-electron chi connectivity index (χ0n) is 16.1. The topological polar surface area (TPSA) is 67.5 Å². The number of urea groups is 1. The third kappa shape index (κ3) is 3.93. The number of benzene rings is 1. The first-order valence-corrected chi connectivity index (χ1v) is 9.72. The summed E-state index contributed by atoms with van der Waals surface area (Å²) in [4.78, 5) is 18.2. The smallest absolute Gasteiger partial charge is 0.324 e. The first kappa shape index (κ1) is 17.9. The van der Waals surface area contributed by atoms with E-state index in [1.807, 2.05) is 18.9 Å².